The predicted molar refractivity (Wildman–Crippen MR) is 107 cm³/mol. The molecule has 3 fully saturated rings. The van der Waals surface area contributed by atoms with Gasteiger partial charge in [0, 0.05) is 12.5 Å². The molecule has 4 nitrogen and oxygen atoms in total. The van der Waals surface area contributed by atoms with Crippen LogP contribution in [0.2, 0.25) is 0 Å². The Balaban J connectivity index is 1.22. The summed E-state index contributed by atoms with van der Waals surface area (Å²) in [4.78, 5) is 0. The van der Waals surface area contributed by atoms with Gasteiger partial charge in [0.05, 0.1) is 25.9 Å². The molecule has 0 aromatic carbocycles. The lowest BCUT2D eigenvalue weighted by atomic mass is 9.79. The van der Waals surface area contributed by atoms with E-state index in [-0.39, 0.29) is 5.92 Å². The van der Waals surface area contributed by atoms with Gasteiger partial charge in [0.15, 0.2) is 0 Å². The molecule has 2 aliphatic carbocycles. The molecule has 0 N–H and O–H groups in total. The fourth-order valence-electron chi connectivity index (χ4n) is 5.20. The number of hydrogen-bond donors (Lipinski definition) is 0. The molecule has 0 unspecified atom stereocenters. The molecule has 1 heterocycles. The van der Waals surface area contributed by atoms with Gasteiger partial charge >= 0.3 is 0 Å². The van der Waals surface area contributed by atoms with E-state index in [4.69, 9.17) is 18.9 Å². The Morgan fingerprint density at radius 1 is 0.897 bits per heavy atom. The summed E-state index contributed by atoms with van der Waals surface area (Å²) in [5, 5.41) is 0. The Bertz CT molecular complexity index is 473. The minimum atomic E-state index is -1.53. The summed E-state index contributed by atoms with van der Waals surface area (Å²) < 4.78 is 47.8. The van der Waals surface area contributed by atoms with Gasteiger partial charge in [-0.1, -0.05) is 0 Å². The van der Waals surface area contributed by atoms with Gasteiger partial charge in [-0.15, -0.1) is 0 Å². The van der Waals surface area contributed by atoms with Crippen LogP contribution in [0.4, 0.5) is 8.78 Å². The minimum Gasteiger partial charge on any atom is -0.379 e. The normalized spacial score (nSPS) is 36.0. The molecule has 0 aromatic rings. The molecule has 6 heteroatoms. The van der Waals surface area contributed by atoms with Crippen LogP contribution in [0.5, 0.6) is 0 Å². The van der Waals surface area contributed by atoms with Gasteiger partial charge in [0.25, 0.3) is 12.6 Å². The molecule has 29 heavy (non-hydrogen) atoms. The summed E-state index contributed by atoms with van der Waals surface area (Å²) in [5.41, 5.74) is 0. The van der Waals surface area contributed by atoms with Crippen molar-refractivity contribution >= 4 is 0 Å². The number of hydrogen-bond acceptors (Lipinski definition) is 4. The van der Waals surface area contributed by atoms with E-state index in [0.29, 0.717) is 30.5 Å². The molecule has 3 rings (SSSR count). The zero-order valence-corrected chi connectivity index (χ0v) is 17.8. The van der Waals surface area contributed by atoms with Crippen LogP contribution in [0.25, 0.3) is 0 Å². The van der Waals surface area contributed by atoms with Gasteiger partial charge in [-0.05, 0) is 95.0 Å². The fourth-order valence-corrected chi connectivity index (χ4v) is 5.20. The van der Waals surface area contributed by atoms with Crippen LogP contribution in [-0.2, 0) is 18.9 Å². The predicted octanol–water partition coefficient (Wildman–Crippen LogP) is 5.91. The maximum Gasteiger partial charge on any atom is 0.271 e. The van der Waals surface area contributed by atoms with E-state index >= 15 is 0 Å². The van der Waals surface area contributed by atoms with Crippen LogP contribution in [0, 0.1) is 23.7 Å². The van der Waals surface area contributed by atoms with E-state index in [1.54, 1.807) is 0 Å². The highest BCUT2D eigenvalue weighted by atomic mass is 19.3. The first-order valence-electron chi connectivity index (χ1n) is 11.6. The molecule has 0 spiro atoms. The Morgan fingerprint density at radius 2 is 1.59 bits per heavy atom. The molecule has 0 aromatic heterocycles. The van der Waals surface area contributed by atoms with E-state index in [2.05, 4.69) is 6.92 Å². The first kappa shape index (κ1) is 23.1. The van der Waals surface area contributed by atoms with E-state index < -0.39 is 12.6 Å². The van der Waals surface area contributed by atoms with E-state index in [1.165, 1.54) is 12.8 Å². The molecule has 1 saturated heterocycles. The third kappa shape index (κ3) is 7.89. The SMILES string of the molecule is CCOC1CCC(C2COC(OCCCC3CCC(C=C(F)F)CC3)OC2)CC1. The summed E-state index contributed by atoms with van der Waals surface area (Å²) in [6, 6.07) is 0. The lowest BCUT2D eigenvalue weighted by Crippen LogP contribution is -2.39. The third-order valence-electron chi connectivity index (χ3n) is 6.94. The van der Waals surface area contributed by atoms with Gasteiger partial charge in [-0.3, -0.25) is 0 Å². The van der Waals surface area contributed by atoms with Crippen LogP contribution >= 0.6 is 0 Å². The number of rotatable bonds is 9. The second kappa shape index (κ2) is 12.3. The van der Waals surface area contributed by atoms with Crippen molar-refractivity contribution < 1.29 is 27.7 Å². The second-order valence-electron chi connectivity index (χ2n) is 8.96. The maximum atomic E-state index is 12.3. The fraction of sp³-hybridized carbons (Fsp3) is 0.913. The third-order valence-corrected chi connectivity index (χ3v) is 6.94. The van der Waals surface area contributed by atoms with Crippen molar-refractivity contribution in [3.05, 3.63) is 12.2 Å². The van der Waals surface area contributed by atoms with Crippen molar-refractivity contribution in [1.29, 1.82) is 0 Å². The van der Waals surface area contributed by atoms with Gasteiger partial charge in [-0.2, -0.15) is 8.78 Å². The molecule has 1 aliphatic heterocycles. The van der Waals surface area contributed by atoms with Crippen molar-refractivity contribution in [2.24, 2.45) is 23.7 Å². The van der Waals surface area contributed by atoms with Crippen molar-refractivity contribution in [2.75, 3.05) is 26.4 Å². The largest absolute Gasteiger partial charge is 0.379 e. The number of allylic oxidation sites excluding steroid dienone is 1. The molecule has 0 amide bonds. The smallest absolute Gasteiger partial charge is 0.271 e. The van der Waals surface area contributed by atoms with Crippen LogP contribution in [0.1, 0.15) is 71.1 Å². The van der Waals surface area contributed by atoms with Crippen molar-refractivity contribution in [2.45, 2.75) is 83.7 Å². The van der Waals surface area contributed by atoms with Crippen molar-refractivity contribution in [1.82, 2.24) is 0 Å². The van der Waals surface area contributed by atoms with E-state index in [9.17, 15) is 8.78 Å². The van der Waals surface area contributed by atoms with E-state index in [0.717, 1.165) is 77.3 Å². The standard InChI is InChI=1S/C23H38F2O4/c1-2-26-21-11-9-19(10-12-21)20-15-28-23(29-16-20)27-13-3-4-17-5-7-18(8-6-17)14-22(24)25/h14,17-21,23H,2-13,15-16H2,1H3. The lowest BCUT2D eigenvalue weighted by Gasteiger charge is -2.37. The number of ether oxygens (including phenoxy) is 4. The molecule has 3 aliphatic rings. The molecule has 0 bridgehead atoms. The highest BCUT2D eigenvalue weighted by molar-refractivity contribution is 4.90. The van der Waals surface area contributed by atoms with Crippen molar-refractivity contribution in [3.63, 3.8) is 0 Å². The first-order valence-corrected chi connectivity index (χ1v) is 11.6. The Labute approximate surface area is 174 Å². The maximum absolute atomic E-state index is 12.3. The second-order valence-corrected chi connectivity index (χ2v) is 8.96. The quantitative estimate of drug-likeness (QED) is 0.438. The number of halogens is 2. The van der Waals surface area contributed by atoms with Crippen LogP contribution in [0.3, 0.4) is 0 Å². The zero-order chi connectivity index (χ0) is 20.5. The van der Waals surface area contributed by atoms with Crippen LogP contribution in [-0.4, -0.2) is 39.0 Å². The van der Waals surface area contributed by atoms with Gasteiger partial charge in [0.2, 0.25) is 0 Å². The molecule has 0 radical (unpaired) electrons. The van der Waals surface area contributed by atoms with Crippen molar-refractivity contribution in [3.8, 4) is 0 Å². The Hall–Kier alpha value is -0.560. The zero-order valence-electron chi connectivity index (χ0n) is 17.8. The average Bonchev–Trinajstić information content (AvgIpc) is 2.73. The Morgan fingerprint density at radius 3 is 2.21 bits per heavy atom. The summed E-state index contributed by atoms with van der Waals surface area (Å²) >= 11 is 0. The average molecular weight is 417 g/mol. The molecule has 2 saturated carbocycles. The first-order chi connectivity index (χ1) is 14.1. The minimum absolute atomic E-state index is 0.0682. The topological polar surface area (TPSA) is 36.9 Å². The summed E-state index contributed by atoms with van der Waals surface area (Å²) in [5.74, 6) is 1.84. The molecular weight excluding hydrogens is 378 g/mol. The molecule has 0 atom stereocenters. The molecule has 168 valence electrons. The summed E-state index contributed by atoms with van der Waals surface area (Å²) in [7, 11) is 0. The summed E-state index contributed by atoms with van der Waals surface area (Å²) in [6.45, 7) is 4.41. The molecular formula is C23H38F2O4. The van der Waals surface area contributed by atoms with Crippen LogP contribution in [0.15, 0.2) is 12.2 Å². The highest BCUT2D eigenvalue weighted by Crippen LogP contribution is 2.35. The van der Waals surface area contributed by atoms with Gasteiger partial charge in [-0.25, -0.2) is 0 Å². The van der Waals surface area contributed by atoms with Gasteiger partial charge in [0.1, 0.15) is 0 Å². The Kier molecular flexibility index (Phi) is 9.83. The van der Waals surface area contributed by atoms with Crippen LogP contribution < -0.4 is 0 Å². The lowest BCUT2D eigenvalue weighted by molar-refractivity contribution is -0.326. The monoisotopic (exact) mass is 416 g/mol. The summed E-state index contributed by atoms with van der Waals surface area (Å²) in [6.07, 6.45) is 10.6. The van der Waals surface area contributed by atoms with Gasteiger partial charge < -0.3 is 18.9 Å². The van der Waals surface area contributed by atoms with E-state index in [1.807, 2.05) is 0 Å². The highest BCUT2D eigenvalue weighted by Gasteiger charge is 2.32.